The third-order valence-corrected chi connectivity index (χ3v) is 3.58. The molecule has 2 atom stereocenters. The predicted molar refractivity (Wildman–Crippen MR) is 92.4 cm³/mol. The molecule has 2 unspecified atom stereocenters. The van der Waals surface area contributed by atoms with E-state index in [0.717, 1.165) is 23.4 Å². The topological polar surface area (TPSA) is 27.6 Å². The Morgan fingerprint density at radius 1 is 1.42 bits per heavy atom. The Labute approximate surface area is 137 Å². The first-order chi connectivity index (χ1) is 8.60. The maximum Gasteiger partial charge on any atom is 0.193 e. The van der Waals surface area contributed by atoms with Crippen molar-refractivity contribution in [3.8, 4) is 0 Å². The number of rotatable bonds is 3. The van der Waals surface area contributed by atoms with Gasteiger partial charge in [-0.15, -0.1) is 24.0 Å². The molecule has 1 aromatic carbocycles. The minimum absolute atomic E-state index is 0. The van der Waals surface area contributed by atoms with E-state index >= 15 is 0 Å². The highest BCUT2D eigenvalue weighted by molar-refractivity contribution is 14.0. The average Bonchev–Trinajstić information content (AvgIpc) is 3.05. The fraction of sp³-hybridized carbons (Fsp3) is 0.500. The molecule has 1 aromatic rings. The zero-order valence-electron chi connectivity index (χ0n) is 11.6. The first kappa shape index (κ1) is 16.6. The van der Waals surface area contributed by atoms with Crippen LogP contribution in [0.4, 0.5) is 0 Å². The van der Waals surface area contributed by atoms with E-state index in [1.165, 1.54) is 12.0 Å². The molecule has 0 aromatic heterocycles. The van der Waals surface area contributed by atoms with E-state index in [2.05, 4.69) is 29.2 Å². The maximum atomic E-state index is 5.88. The number of hydrogen-bond donors (Lipinski definition) is 1. The molecular formula is C14H21ClIN3. The monoisotopic (exact) mass is 393 g/mol. The molecule has 3 nitrogen and oxygen atoms in total. The van der Waals surface area contributed by atoms with E-state index in [4.69, 9.17) is 11.6 Å². The molecule has 2 rings (SSSR count). The predicted octanol–water partition coefficient (Wildman–Crippen LogP) is 3.37. The lowest BCUT2D eigenvalue weighted by Crippen LogP contribution is -2.40. The van der Waals surface area contributed by atoms with Crippen LogP contribution in [0, 0.1) is 5.92 Å². The van der Waals surface area contributed by atoms with Crippen molar-refractivity contribution in [1.29, 1.82) is 0 Å². The summed E-state index contributed by atoms with van der Waals surface area (Å²) >= 11 is 5.88. The third-order valence-electron chi connectivity index (χ3n) is 3.33. The molecule has 0 heterocycles. The summed E-state index contributed by atoms with van der Waals surface area (Å²) in [4.78, 5) is 6.45. The fourth-order valence-electron chi connectivity index (χ4n) is 1.97. The van der Waals surface area contributed by atoms with Crippen molar-refractivity contribution >= 4 is 41.5 Å². The summed E-state index contributed by atoms with van der Waals surface area (Å²) in [5, 5.41) is 4.25. The van der Waals surface area contributed by atoms with E-state index in [-0.39, 0.29) is 24.0 Å². The molecular weight excluding hydrogens is 373 g/mol. The summed E-state index contributed by atoms with van der Waals surface area (Å²) in [5.74, 6) is 1.73. The molecule has 0 radical (unpaired) electrons. The van der Waals surface area contributed by atoms with Crippen LogP contribution in [-0.4, -0.2) is 31.0 Å². The van der Waals surface area contributed by atoms with Crippen molar-refractivity contribution < 1.29 is 0 Å². The van der Waals surface area contributed by atoms with Crippen LogP contribution in [0.15, 0.2) is 29.3 Å². The highest BCUT2D eigenvalue weighted by atomic mass is 127. The third kappa shape index (κ3) is 4.84. The van der Waals surface area contributed by atoms with Crippen molar-refractivity contribution in [3.63, 3.8) is 0 Å². The Morgan fingerprint density at radius 3 is 2.47 bits per heavy atom. The summed E-state index contributed by atoms with van der Waals surface area (Å²) in [6, 6.07) is 8.53. The lowest BCUT2D eigenvalue weighted by molar-refractivity contribution is 0.474. The van der Waals surface area contributed by atoms with E-state index in [9.17, 15) is 0 Å². The van der Waals surface area contributed by atoms with E-state index in [1.807, 2.05) is 31.3 Å². The normalized spacial score (nSPS) is 21.6. The molecule has 1 N–H and O–H groups in total. The van der Waals surface area contributed by atoms with Gasteiger partial charge in [-0.2, -0.15) is 0 Å². The Bertz CT molecular complexity index is 433. The van der Waals surface area contributed by atoms with Gasteiger partial charge < -0.3 is 10.2 Å². The largest absolute Gasteiger partial charge is 0.353 e. The van der Waals surface area contributed by atoms with Gasteiger partial charge in [-0.05, 0) is 30.0 Å². The van der Waals surface area contributed by atoms with Gasteiger partial charge in [-0.1, -0.05) is 30.7 Å². The zero-order valence-corrected chi connectivity index (χ0v) is 14.6. The highest BCUT2D eigenvalue weighted by Crippen LogP contribution is 2.29. The Hall–Kier alpha value is -0.490. The van der Waals surface area contributed by atoms with Gasteiger partial charge in [0, 0.05) is 31.7 Å². The van der Waals surface area contributed by atoms with Gasteiger partial charge in [-0.3, -0.25) is 4.99 Å². The summed E-state index contributed by atoms with van der Waals surface area (Å²) in [6.45, 7) is 3.09. The van der Waals surface area contributed by atoms with Gasteiger partial charge in [-0.25, -0.2) is 0 Å². The van der Waals surface area contributed by atoms with Gasteiger partial charge in [0.05, 0.1) is 0 Å². The van der Waals surface area contributed by atoms with Crippen LogP contribution in [0.3, 0.4) is 0 Å². The van der Waals surface area contributed by atoms with Gasteiger partial charge >= 0.3 is 0 Å². The summed E-state index contributed by atoms with van der Waals surface area (Å²) in [6.07, 6.45) is 1.24. The van der Waals surface area contributed by atoms with E-state index in [1.54, 1.807) is 0 Å². The van der Waals surface area contributed by atoms with Gasteiger partial charge in [0.25, 0.3) is 0 Å². The first-order valence-electron chi connectivity index (χ1n) is 6.29. The molecule has 106 valence electrons. The number of aliphatic imine (C=N–C) groups is 1. The molecule has 0 bridgehead atoms. The molecule has 1 fully saturated rings. The summed E-state index contributed by atoms with van der Waals surface area (Å²) in [7, 11) is 3.88. The minimum Gasteiger partial charge on any atom is -0.353 e. The molecule has 0 spiro atoms. The first-order valence-corrected chi connectivity index (χ1v) is 6.67. The van der Waals surface area contributed by atoms with Gasteiger partial charge in [0.1, 0.15) is 0 Å². The Kier molecular flexibility index (Phi) is 6.39. The molecule has 5 heteroatoms. The molecule has 1 saturated carbocycles. The van der Waals surface area contributed by atoms with Crippen LogP contribution < -0.4 is 5.32 Å². The Balaban J connectivity index is 0.00000180. The number of benzene rings is 1. The van der Waals surface area contributed by atoms with Crippen LogP contribution in [0.5, 0.6) is 0 Å². The van der Waals surface area contributed by atoms with Crippen LogP contribution >= 0.6 is 35.6 Å². The number of guanidine groups is 1. The Morgan fingerprint density at radius 2 is 2.00 bits per heavy atom. The maximum absolute atomic E-state index is 5.88. The van der Waals surface area contributed by atoms with Gasteiger partial charge in [0.2, 0.25) is 0 Å². The number of halogens is 2. The van der Waals surface area contributed by atoms with E-state index < -0.39 is 0 Å². The molecule has 1 aliphatic carbocycles. The molecule has 0 aliphatic heterocycles. The molecule has 19 heavy (non-hydrogen) atoms. The van der Waals surface area contributed by atoms with Crippen LogP contribution in [0.1, 0.15) is 18.9 Å². The fourth-order valence-corrected chi connectivity index (χ4v) is 2.10. The van der Waals surface area contributed by atoms with Gasteiger partial charge in [0.15, 0.2) is 5.96 Å². The van der Waals surface area contributed by atoms with Crippen LogP contribution in [0.25, 0.3) is 0 Å². The highest BCUT2D eigenvalue weighted by Gasteiger charge is 2.33. The van der Waals surface area contributed by atoms with Crippen molar-refractivity contribution in [2.75, 3.05) is 14.1 Å². The quantitative estimate of drug-likeness (QED) is 0.484. The van der Waals surface area contributed by atoms with Crippen molar-refractivity contribution in [3.05, 3.63) is 34.9 Å². The summed E-state index contributed by atoms with van der Waals surface area (Å²) < 4.78 is 0. The number of nitrogens with one attached hydrogen (secondary N) is 1. The minimum atomic E-state index is 0. The van der Waals surface area contributed by atoms with E-state index in [0.29, 0.717) is 6.04 Å². The number of nitrogens with zero attached hydrogens (tertiary/aromatic N) is 2. The smallest absolute Gasteiger partial charge is 0.193 e. The molecule has 0 saturated heterocycles. The zero-order chi connectivity index (χ0) is 13.1. The molecule has 0 amide bonds. The second kappa shape index (κ2) is 7.33. The van der Waals surface area contributed by atoms with Crippen molar-refractivity contribution in [2.45, 2.75) is 25.9 Å². The van der Waals surface area contributed by atoms with Crippen LogP contribution in [0.2, 0.25) is 5.02 Å². The second-order valence-corrected chi connectivity index (χ2v) is 5.43. The van der Waals surface area contributed by atoms with Crippen molar-refractivity contribution in [2.24, 2.45) is 10.9 Å². The summed E-state index contributed by atoms with van der Waals surface area (Å²) in [5.41, 5.74) is 1.23. The lowest BCUT2D eigenvalue weighted by atomic mass is 10.2. The molecule has 1 aliphatic rings. The van der Waals surface area contributed by atoms with Crippen LogP contribution in [-0.2, 0) is 6.54 Å². The standard InChI is InChI=1S/C14H20ClN3.HI/c1-10-8-13(10)17-14(16-2)18(3)9-11-4-6-12(15)7-5-11;/h4-7,10,13H,8-9H2,1-3H3,(H,16,17);1H. The second-order valence-electron chi connectivity index (χ2n) is 4.99. The lowest BCUT2D eigenvalue weighted by Gasteiger charge is -2.22. The average molecular weight is 394 g/mol. The van der Waals surface area contributed by atoms with Crippen molar-refractivity contribution in [1.82, 2.24) is 10.2 Å². The SMILES string of the molecule is CN=C(NC1CC1C)N(C)Cc1ccc(Cl)cc1.I. The number of hydrogen-bond acceptors (Lipinski definition) is 1.